The third-order valence-corrected chi connectivity index (χ3v) is 5.74. The Kier molecular flexibility index (Phi) is 5.40. The largest absolute Gasteiger partial charge is 0.305 e. The summed E-state index contributed by atoms with van der Waals surface area (Å²) in [5.41, 5.74) is 3.70. The third kappa shape index (κ3) is 4.44. The Labute approximate surface area is 189 Å². The van der Waals surface area contributed by atoms with Crippen LogP contribution in [0, 0.1) is 0 Å². The topological polar surface area (TPSA) is 55.7 Å². The molecule has 0 aliphatic heterocycles. The molecule has 1 atom stereocenters. The first kappa shape index (κ1) is 20.1. The molecule has 7 nitrogen and oxygen atoms in total. The second-order valence-corrected chi connectivity index (χ2v) is 8.55. The number of nitrogens with zero attached hydrogens (tertiary/aromatic N) is 7. The number of aromatic nitrogens is 6. The van der Waals surface area contributed by atoms with Crippen LogP contribution in [0.2, 0.25) is 10.0 Å². The summed E-state index contributed by atoms with van der Waals surface area (Å²) in [6.45, 7) is 4.32. The normalized spacial score (nSPS) is 12.9. The molecule has 0 radical (unpaired) electrons. The molecule has 0 saturated carbocycles. The highest BCUT2D eigenvalue weighted by atomic mass is 35.5. The lowest BCUT2D eigenvalue weighted by molar-refractivity contribution is 0.166. The SMILES string of the molecule is CC(Cn1cccn1)N(Cc1cn2cc(Cl)ccc2n1)Cc1cn2cc(Cl)ccc2n1. The number of hydrogen-bond acceptors (Lipinski definition) is 4. The van der Waals surface area contributed by atoms with Gasteiger partial charge in [0, 0.05) is 56.3 Å². The highest BCUT2D eigenvalue weighted by Gasteiger charge is 2.19. The average Bonchev–Trinajstić information content (AvgIpc) is 3.46. The van der Waals surface area contributed by atoms with Gasteiger partial charge in [0.2, 0.25) is 0 Å². The molecule has 5 aromatic rings. The lowest BCUT2D eigenvalue weighted by atomic mass is 10.2. The number of fused-ring (bicyclic) bond motifs is 2. The van der Waals surface area contributed by atoms with Crippen molar-refractivity contribution in [2.45, 2.75) is 32.6 Å². The van der Waals surface area contributed by atoms with E-state index in [9.17, 15) is 0 Å². The van der Waals surface area contributed by atoms with Crippen molar-refractivity contribution in [2.24, 2.45) is 0 Å². The van der Waals surface area contributed by atoms with E-state index in [-0.39, 0.29) is 6.04 Å². The summed E-state index contributed by atoms with van der Waals surface area (Å²) >= 11 is 12.3. The van der Waals surface area contributed by atoms with Crippen LogP contribution in [-0.4, -0.2) is 39.5 Å². The fourth-order valence-corrected chi connectivity index (χ4v) is 4.10. The first-order valence-electron chi connectivity index (χ1n) is 10.0. The summed E-state index contributed by atoms with van der Waals surface area (Å²) in [6, 6.07) is 9.71. The van der Waals surface area contributed by atoms with E-state index in [2.05, 4.69) is 16.9 Å². The van der Waals surface area contributed by atoms with Crippen LogP contribution >= 0.6 is 23.2 Å². The maximum atomic E-state index is 6.13. The molecule has 5 heterocycles. The van der Waals surface area contributed by atoms with Crippen LogP contribution in [0.1, 0.15) is 18.3 Å². The van der Waals surface area contributed by atoms with Gasteiger partial charge in [-0.3, -0.25) is 9.58 Å². The number of hydrogen-bond donors (Lipinski definition) is 0. The first-order valence-corrected chi connectivity index (χ1v) is 10.8. The number of rotatable bonds is 7. The van der Waals surface area contributed by atoms with E-state index in [4.69, 9.17) is 33.2 Å². The van der Waals surface area contributed by atoms with Gasteiger partial charge < -0.3 is 8.80 Å². The Balaban J connectivity index is 1.43. The molecule has 31 heavy (non-hydrogen) atoms. The Bertz CT molecular complexity index is 1240. The molecule has 158 valence electrons. The van der Waals surface area contributed by atoms with Crippen LogP contribution in [-0.2, 0) is 19.6 Å². The predicted molar refractivity (Wildman–Crippen MR) is 121 cm³/mol. The fourth-order valence-electron chi connectivity index (χ4n) is 3.77. The van der Waals surface area contributed by atoms with Crippen molar-refractivity contribution in [1.82, 2.24) is 33.4 Å². The van der Waals surface area contributed by atoms with Gasteiger partial charge in [0.25, 0.3) is 0 Å². The lowest BCUT2D eigenvalue weighted by Gasteiger charge is -2.27. The van der Waals surface area contributed by atoms with Crippen LogP contribution in [0.15, 0.2) is 67.5 Å². The predicted octanol–water partition coefficient (Wildman–Crippen LogP) is 4.58. The van der Waals surface area contributed by atoms with Crippen LogP contribution in [0.3, 0.4) is 0 Å². The monoisotopic (exact) mass is 453 g/mol. The molecule has 0 N–H and O–H groups in total. The average molecular weight is 454 g/mol. The minimum Gasteiger partial charge on any atom is -0.305 e. The van der Waals surface area contributed by atoms with Gasteiger partial charge in [0.15, 0.2) is 0 Å². The van der Waals surface area contributed by atoms with Crippen molar-refractivity contribution in [3.63, 3.8) is 0 Å². The van der Waals surface area contributed by atoms with E-state index >= 15 is 0 Å². The van der Waals surface area contributed by atoms with Gasteiger partial charge in [-0.1, -0.05) is 23.2 Å². The zero-order valence-electron chi connectivity index (χ0n) is 16.9. The second-order valence-electron chi connectivity index (χ2n) is 7.67. The summed E-state index contributed by atoms with van der Waals surface area (Å²) < 4.78 is 5.87. The summed E-state index contributed by atoms with van der Waals surface area (Å²) in [4.78, 5) is 11.9. The van der Waals surface area contributed by atoms with E-state index in [1.165, 1.54) is 0 Å². The molecule has 0 aliphatic rings. The molecule has 0 aromatic carbocycles. The molecule has 0 bridgehead atoms. The standard InChI is InChI=1S/C22H21Cl2N7/c1-16(9-31-8-2-7-25-31)28(12-19-14-29-10-17(23)3-5-21(29)26-19)13-20-15-30-11-18(24)4-6-22(30)27-20/h2-8,10-11,14-16H,9,12-13H2,1H3. The van der Waals surface area contributed by atoms with Gasteiger partial charge in [-0.2, -0.15) is 5.10 Å². The summed E-state index contributed by atoms with van der Waals surface area (Å²) in [5.74, 6) is 0. The zero-order valence-corrected chi connectivity index (χ0v) is 18.4. The van der Waals surface area contributed by atoms with Crippen LogP contribution in [0.4, 0.5) is 0 Å². The maximum Gasteiger partial charge on any atom is 0.137 e. The Morgan fingerprint density at radius 1 is 0.871 bits per heavy atom. The molecule has 1 unspecified atom stereocenters. The fraction of sp³-hybridized carbons (Fsp3) is 0.227. The molecular weight excluding hydrogens is 433 g/mol. The number of halogens is 2. The molecule has 5 rings (SSSR count). The van der Waals surface area contributed by atoms with Crippen LogP contribution in [0.5, 0.6) is 0 Å². The highest BCUT2D eigenvalue weighted by molar-refractivity contribution is 6.30. The van der Waals surface area contributed by atoms with Crippen molar-refractivity contribution in [3.05, 3.63) is 88.9 Å². The van der Waals surface area contributed by atoms with Crippen molar-refractivity contribution in [3.8, 4) is 0 Å². The van der Waals surface area contributed by atoms with Crippen molar-refractivity contribution in [2.75, 3.05) is 0 Å². The highest BCUT2D eigenvalue weighted by Crippen LogP contribution is 2.18. The van der Waals surface area contributed by atoms with Gasteiger partial charge in [0.1, 0.15) is 11.3 Å². The number of imidazole rings is 2. The zero-order chi connectivity index (χ0) is 21.4. The minimum atomic E-state index is 0.210. The molecule has 5 aromatic heterocycles. The van der Waals surface area contributed by atoms with Gasteiger partial charge >= 0.3 is 0 Å². The minimum absolute atomic E-state index is 0.210. The Morgan fingerprint density at radius 2 is 1.45 bits per heavy atom. The molecular formula is C22H21Cl2N7. The van der Waals surface area contributed by atoms with Gasteiger partial charge in [-0.15, -0.1) is 0 Å². The van der Waals surface area contributed by atoms with E-state index in [1.807, 2.05) is 74.8 Å². The van der Waals surface area contributed by atoms with E-state index in [0.29, 0.717) is 23.1 Å². The molecule has 0 amide bonds. The van der Waals surface area contributed by atoms with Gasteiger partial charge in [-0.05, 0) is 37.3 Å². The quantitative estimate of drug-likeness (QED) is 0.362. The van der Waals surface area contributed by atoms with E-state index < -0.39 is 0 Å². The van der Waals surface area contributed by atoms with Crippen molar-refractivity contribution >= 4 is 34.5 Å². The summed E-state index contributed by atoms with van der Waals surface area (Å²) in [5, 5.41) is 5.73. The molecule has 0 aliphatic carbocycles. The molecule has 0 spiro atoms. The second kappa shape index (κ2) is 8.34. The van der Waals surface area contributed by atoms with Crippen LogP contribution in [0.25, 0.3) is 11.3 Å². The van der Waals surface area contributed by atoms with E-state index in [1.54, 1.807) is 6.20 Å². The molecule has 9 heteroatoms. The van der Waals surface area contributed by atoms with Crippen molar-refractivity contribution in [1.29, 1.82) is 0 Å². The Morgan fingerprint density at radius 3 is 1.97 bits per heavy atom. The smallest absolute Gasteiger partial charge is 0.137 e. The first-order chi connectivity index (χ1) is 15.0. The lowest BCUT2D eigenvalue weighted by Crippen LogP contribution is -2.35. The van der Waals surface area contributed by atoms with Crippen molar-refractivity contribution < 1.29 is 0 Å². The van der Waals surface area contributed by atoms with Gasteiger partial charge in [0.05, 0.1) is 28.0 Å². The third-order valence-electron chi connectivity index (χ3n) is 5.29. The number of pyridine rings is 2. The van der Waals surface area contributed by atoms with E-state index in [0.717, 1.165) is 29.2 Å². The van der Waals surface area contributed by atoms with Crippen LogP contribution < -0.4 is 0 Å². The summed E-state index contributed by atoms with van der Waals surface area (Å²) in [7, 11) is 0. The maximum absolute atomic E-state index is 6.13. The summed E-state index contributed by atoms with van der Waals surface area (Å²) in [6.07, 6.45) is 11.6. The molecule has 0 fully saturated rings. The van der Waals surface area contributed by atoms with Gasteiger partial charge in [-0.25, -0.2) is 9.97 Å². The molecule has 0 saturated heterocycles. The Hall–Kier alpha value is -2.87.